The molecule has 0 radical (unpaired) electrons. The van der Waals surface area contributed by atoms with Crippen LogP contribution in [0.4, 0.5) is 23.1 Å². The van der Waals surface area contributed by atoms with Crippen molar-refractivity contribution in [2.45, 2.75) is 89.2 Å². The zero-order chi connectivity index (χ0) is 30.7. The summed E-state index contributed by atoms with van der Waals surface area (Å²) in [6.07, 6.45) is 8.25. The van der Waals surface area contributed by atoms with E-state index in [1.807, 2.05) is 26.8 Å². The highest BCUT2D eigenvalue weighted by Gasteiger charge is 2.30. The van der Waals surface area contributed by atoms with Gasteiger partial charge in [0.05, 0.1) is 17.5 Å². The Morgan fingerprint density at radius 2 is 1.65 bits per heavy atom. The molecule has 9 nitrogen and oxygen atoms in total. The molecule has 0 atom stereocenters. The molecule has 1 aromatic heterocycles. The summed E-state index contributed by atoms with van der Waals surface area (Å²) in [5.41, 5.74) is 4.68. The molecular weight excluding hydrogens is 560 g/mol. The molecule has 1 aliphatic carbocycles. The maximum absolute atomic E-state index is 13.4. The number of rotatable bonds is 10. The van der Waals surface area contributed by atoms with Gasteiger partial charge in [0.25, 0.3) is 0 Å². The van der Waals surface area contributed by atoms with Gasteiger partial charge in [-0.1, -0.05) is 12.1 Å². The van der Waals surface area contributed by atoms with Crippen LogP contribution in [0.3, 0.4) is 0 Å². The highest BCUT2D eigenvalue weighted by molar-refractivity contribution is 7.89. The lowest BCUT2D eigenvalue weighted by atomic mass is 9.80. The van der Waals surface area contributed by atoms with Crippen molar-refractivity contribution >= 4 is 33.2 Å². The first-order valence-corrected chi connectivity index (χ1v) is 16.9. The van der Waals surface area contributed by atoms with Crippen LogP contribution in [0.25, 0.3) is 0 Å². The smallest absolute Gasteiger partial charge is 0.245 e. The van der Waals surface area contributed by atoms with E-state index in [-0.39, 0.29) is 11.0 Å². The Kier molecular flexibility index (Phi) is 9.58. The van der Waals surface area contributed by atoms with Crippen LogP contribution >= 0.6 is 0 Å². The van der Waals surface area contributed by atoms with Crippen molar-refractivity contribution in [2.24, 2.45) is 0 Å². The van der Waals surface area contributed by atoms with Crippen LogP contribution in [0.15, 0.2) is 47.5 Å². The third kappa shape index (κ3) is 7.13. The quantitative estimate of drug-likeness (QED) is 0.262. The molecule has 43 heavy (non-hydrogen) atoms. The van der Waals surface area contributed by atoms with Crippen LogP contribution in [0.1, 0.15) is 75.0 Å². The fraction of sp³-hybridized carbons (Fsp3) is 0.515. The summed E-state index contributed by atoms with van der Waals surface area (Å²) in [6, 6.07) is 12.0. The summed E-state index contributed by atoms with van der Waals surface area (Å²) < 4.78 is 34.7. The number of hydrogen-bond donors (Lipinski definition) is 2. The third-order valence-corrected chi connectivity index (χ3v) is 10.6. The first-order chi connectivity index (χ1) is 20.5. The first-order valence-electron chi connectivity index (χ1n) is 15.5. The maximum atomic E-state index is 13.4. The van der Waals surface area contributed by atoms with E-state index in [9.17, 15) is 8.42 Å². The second-order valence-electron chi connectivity index (χ2n) is 12.4. The van der Waals surface area contributed by atoms with Crippen molar-refractivity contribution in [3.05, 3.63) is 59.3 Å². The molecule has 1 saturated heterocycles. The molecule has 10 heteroatoms. The van der Waals surface area contributed by atoms with Gasteiger partial charge in [-0.2, -0.15) is 9.29 Å². The lowest BCUT2D eigenvalue weighted by molar-refractivity contribution is 0.215. The van der Waals surface area contributed by atoms with Gasteiger partial charge in [-0.3, -0.25) is 0 Å². The third-order valence-electron chi connectivity index (χ3n) is 8.64. The van der Waals surface area contributed by atoms with E-state index in [1.165, 1.54) is 36.8 Å². The van der Waals surface area contributed by atoms with Crippen molar-refractivity contribution in [1.29, 1.82) is 0 Å². The molecule has 2 heterocycles. The number of aryl methyl sites for hydroxylation is 2. The van der Waals surface area contributed by atoms with Crippen molar-refractivity contribution in [3.63, 3.8) is 0 Å². The molecule has 3 aromatic rings. The van der Waals surface area contributed by atoms with Gasteiger partial charge in [0.15, 0.2) is 0 Å². The van der Waals surface area contributed by atoms with Crippen LogP contribution in [-0.4, -0.2) is 66.9 Å². The number of nitrogens with zero attached hydrogens (tertiary/aromatic N) is 4. The molecule has 0 unspecified atom stereocenters. The van der Waals surface area contributed by atoms with Crippen LogP contribution in [-0.2, 0) is 10.0 Å². The number of aromatic nitrogens is 2. The number of benzene rings is 2. The van der Waals surface area contributed by atoms with Crippen molar-refractivity contribution in [2.75, 3.05) is 37.8 Å². The Bertz CT molecular complexity index is 1530. The van der Waals surface area contributed by atoms with Crippen LogP contribution in [0.2, 0.25) is 0 Å². The normalized spacial score (nSPS) is 19.6. The largest absolute Gasteiger partial charge is 0.489 e. The Morgan fingerprint density at radius 3 is 2.33 bits per heavy atom. The zero-order valence-electron chi connectivity index (χ0n) is 26.4. The highest BCUT2D eigenvalue weighted by Crippen LogP contribution is 2.40. The Morgan fingerprint density at radius 1 is 0.953 bits per heavy atom. The molecule has 1 aliphatic heterocycles. The van der Waals surface area contributed by atoms with Gasteiger partial charge >= 0.3 is 0 Å². The van der Waals surface area contributed by atoms with Gasteiger partial charge in [0.2, 0.25) is 16.0 Å². The standard InChI is InChI=1S/C33H46N6O3S/c1-22(2)42-30-20-27(25-13-15-26(16-14-25)38(5)6)23(3)19-29(30)36-33-34-21-24(4)32(37-33)35-28-11-7-8-12-31(28)43(40,41)39-17-9-10-18-39/h7-8,11-12,19-22,25-26H,9-10,13-18H2,1-6H3,(H2,34,35,36,37). The Hall–Kier alpha value is -3.21. The molecule has 2 aromatic carbocycles. The summed E-state index contributed by atoms with van der Waals surface area (Å²) in [5, 5.41) is 6.68. The van der Waals surface area contributed by atoms with Crippen LogP contribution < -0.4 is 15.4 Å². The van der Waals surface area contributed by atoms with E-state index in [1.54, 1.807) is 28.7 Å². The van der Waals surface area contributed by atoms with E-state index in [0.717, 1.165) is 29.8 Å². The summed E-state index contributed by atoms with van der Waals surface area (Å²) >= 11 is 0. The first kappa shape index (κ1) is 31.2. The summed E-state index contributed by atoms with van der Waals surface area (Å²) in [4.78, 5) is 11.9. The minimum atomic E-state index is -3.61. The van der Waals surface area contributed by atoms with Crippen LogP contribution in [0.5, 0.6) is 5.75 Å². The molecule has 1 saturated carbocycles. The van der Waals surface area contributed by atoms with Gasteiger partial charge in [-0.25, -0.2) is 13.4 Å². The zero-order valence-corrected chi connectivity index (χ0v) is 27.2. The molecule has 2 N–H and O–H groups in total. The molecule has 0 spiro atoms. The SMILES string of the molecule is Cc1cc(Nc2ncc(C)c(Nc3ccccc3S(=O)(=O)N3CCCC3)n2)c(OC(C)C)cc1C1CCC(N(C)C)CC1. The molecule has 5 rings (SSSR count). The van der Waals surface area contributed by atoms with E-state index >= 15 is 0 Å². The number of para-hydroxylation sites is 1. The number of hydrogen-bond acceptors (Lipinski definition) is 8. The second kappa shape index (κ2) is 13.2. The number of sulfonamides is 1. The average Bonchev–Trinajstić information content (AvgIpc) is 3.53. The van der Waals surface area contributed by atoms with E-state index in [0.29, 0.717) is 42.5 Å². The van der Waals surface area contributed by atoms with Crippen molar-refractivity contribution < 1.29 is 13.2 Å². The minimum Gasteiger partial charge on any atom is -0.489 e. The summed E-state index contributed by atoms with van der Waals surface area (Å²) in [6.45, 7) is 9.23. The van der Waals surface area contributed by atoms with Gasteiger partial charge in [-0.05, 0) is 122 Å². The molecular formula is C33H46N6O3S. The predicted molar refractivity (Wildman–Crippen MR) is 173 cm³/mol. The van der Waals surface area contributed by atoms with E-state index < -0.39 is 10.0 Å². The average molecular weight is 607 g/mol. The second-order valence-corrected chi connectivity index (χ2v) is 14.3. The van der Waals surface area contributed by atoms with Gasteiger partial charge < -0.3 is 20.3 Å². The topological polar surface area (TPSA) is 99.7 Å². The molecule has 232 valence electrons. The molecule has 0 amide bonds. The number of anilines is 4. The summed E-state index contributed by atoms with van der Waals surface area (Å²) in [7, 11) is 0.739. The molecule has 2 aliphatic rings. The predicted octanol–water partition coefficient (Wildman–Crippen LogP) is 6.74. The Labute approximate surface area is 257 Å². The number of nitrogens with one attached hydrogen (secondary N) is 2. The minimum absolute atomic E-state index is 0.00537. The Balaban J connectivity index is 1.41. The van der Waals surface area contributed by atoms with Gasteiger partial charge in [-0.15, -0.1) is 0 Å². The van der Waals surface area contributed by atoms with Gasteiger partial charge in [0.1, 0.15) is 16.5 Å². The molecule has 0 bridgehead atoms. The lowest BCUT2D eigenvalue weighted by Gasteiger charge is -2.33. The highest BCUT2D eigenvalue weighted by atomic mass is 32.2. The number of ether oxygens (including phenoxy) is 1. The summed E-state index contributed by atoms with van der Waals surface area (Å²) in [5.74, 6) is 2.24. The fourth-order valence-electron chi connectivity index (χ4n) is 6.24. The van der Waals surface area contributed by atoms with Crippen molar-refractivity contribution in [1.82, 2.24) is 19.2 Å². The lowest BCUT2D eigenvalue weighted by Crippen LogP contribution is -2.31. The fourth-order valence-corrected chi connectivity index (χ4v) is 7.90. The van der Waals surface area contributed by atoms with Crippen LogP contribution in [0, 0.1) is 13.8 Å². The maximum Gasteiger partial charge on any atom is 0.245 e. The van der Waals surface area contributed by atoms with Crippen molar-refractivity contribution in [3.8, 4) is 5.75 Å². The van der Waals surface area contributed by atoms with E-state index in [2.05, 4.69) is 53.7 Å². The van der Waals surface area contributed by atoms with Gasteiger partial charge in [0, 0.05) is 30.9 Å². The monoisotopic (exact) mass is 606 g/mol. The van der Waals surface area contributed by atoms with E-state index in [4.69, 9.17) is 9.72 Å². The molecule has 2 fully saturated rings.